The molecule has 4 unspecified atom stereocenters. The molecule has 0 radical (unpaired) electrons. The van der Waals surface area contributed by atoms with Crippen molar-refractivity contribution in [3.05, 3.63) is 35.4 Å². The van der Waals surface area contributed by atoms with Gasteiger partial charge < -0.3 is 9.47 Å². The molecule has 0 spiro atoms. The van der Waals surface area contributed by atoms with Gasteiger partial charge in [-0.05, 0) is 43.7 Å². The summed E-state index contributed by atoms with van der Waals surface area (Å²) in [6, 6.07) is 8.70. The molecule has 1 aromatic rings. The molecule has 0 aromatic heterocycles. The molecule has 1 fully saturated rings. The highest BCUT2D eigenvalue weighted by Gasteiger charge is 2.32. The van der Waals surface area contributed by atoms with E-state index in [1.165, 1.54) is 11.1 Å². The van der Waals surface area contributed by atoms with E-state index in [-0.39, 0.29) is 18.2 Å². The van der Waals surface area contributed by atoms with E-state index in [1.54, 1.807) is 0 Å². The highest BCUT2D eigenvalue weighted by molar-refractivity contribution is 5.31. The molecule has 0 bridgehead atoms. The summed E-state index contributed by atoms with van der Waals surface area (Å²) in [6.07, 6.45) is 4.73. The maximum atomic E-state index is 5.97. The largest absolute Gasteiger partial charge is 0.374 e. The van der Waals surface area contributed by atoms with Crippen LogP contribution < -0.4 is 11.3 Å². The minimum Gasteiger partial charge on any atom is -0.374 e. The van der Waals surface area contributed by atoms with E-state index in [0.717, 1.165) is 32.3 Å². The van der Waals surface area contributed by atoms with Crippen molar-refractivity contribution in [1.82, 2.24) is 5.43 Å². The molecule has 2 aliphatic rings. The molecule has 4 heteroatoms. The Hall–Kier alpha value is -0.940. The molecule has 2 heterocycles. The van der Waals surface area contributed by atoms with E-state index >= 15 is 0 Å². The molecule has 0 saturated carbocycles. The molecule has 1 saturated heterocycles. The van der Waals surface area contributed by atoms with Crippen LogP contribution in [0.4, 0.5) is 0 Å². The lowest BCUT2D eigenvalue weighted by Gasteiger charge is -2.31. The summed E-state index contributed by atoms with van der Waals surface area (Å²) >= 11 is 0. The number of ether oxygens (including phenoxy) is 2. The van der Waals surface area contributed by atoms with Crippen molar-refractivity contribution in [1.29, 1.82) is 0 Å². The minimum atomic E-state index is 0.125. The van der Waals surface area contributed by atoms with Crippen LogP contribution in [0, 0.1) is 0 Å². The topological polar surface area (TPSA) is 56.5 Å². The highest BCUT2D eigenvalue weighted by atomic mass is 16.5. The van der Waals surface area contributed by atoms with E-state index < -0.39 is 0 Å². The zero-order chi connectivity index (χ0) is 13.9. The number of hydrogen-bond acceptors (Lipinski definition) is 4. The van der Waals surface area contributed by atoms with Crippen LogP contribution in [-0.2, 0) is 15.9 Å². The van der Waals surface area contributed by atoms with Crippen molar-refractivity contribution >= 4 is 0 Å². The van der Waals surface area contributed by atoms with Crippen LogP contribution >= 0.6 is 0 Å². The third-order valence-electron chi connectivity index (χ3n) is 4.49. The van der Waals surface area contributed by atoms with Gasteiger partial charge >= 0.3 is 0 Å². The van der Waals surface area contributed by atoms with Crippen LogP contribution in [0.1, 0.15) is 43.4 Å². The van der Waals surface area contributed by atoms with Gasteiger partial charge in [0.15, 0.2) is 0 Å². The van der Waals surface area contributed by atoms with E-state index in [1.807, 2.05) is 0 Å². The Balaban J connectivity index is 1.70. The Kier molecular flexibility index (Phi) is 4.36. The average Bonchev–Trinajstić information content (AvgIpc) is 2.91. The Labute approximate surface area is 120 Å². The van der Waals surface area contributed by atoms with Crippen molar-refractivity contribution in [2.75, 3.05) is 6.61 Å². The molecule has 3 N–H and O–H groups in total. The summed E-state index contributed by atoms with van der Waals surface area (Å²) < 4.78 is 11.9. The maximum Gasteiger partial charge on any atom is 0.0844 e. The normalized spacial score (nSPS) is 31.0. The minimum absolute atomic E-state index is 0.125. The highest BCUT2D eigenvalue weighted by Crippen LogP contribution is 2.33. The fourth-order valence-corrected chi connectivity index (χ4v) is 3.36. The van der Waals surface area contributed by atoms with Crippen LogP contribution in [0.3, 0.4) is 0 Å². The maximum absolute atomic E-state index is 5.97. The second-order valence-corrected chi connectivity index (χ2v) is 5.88. The first-order valence-corrected chi connectivity index (χ1v) is 7.59. The average molecular weight is 276 g/mol. The lowest BCUT2D eigenvalue weighted by Crippen LogP contribution is -2.45. The summed E-state index contributed by atoms with van der Waals surface area (Å²) in [6.45, 7) is 2.92. The molecule has 0 amide bonds. The molecule has 3 rings (SSSR count). The summed E-state index contributed by atoms with van der Waals surface area (Å²) in [5.74, 6) is 5.75. The number of nitrogens with two attached hydrogens (primary N) is 1. The van der Waals surface area contributed by atoms with Crippen LogP contribution in [0.2, 0.25) is 0 Å². The fraction of sp³-hybridized carbons (Fsp3) is 0.625. The van der Waals surface area contributed by atoms with E-state index in [4.69, 9.17) is 15.3 Å². The van der Waals surface area contributed by atoms with Gasteiger partial charge in [0.25, 0.3) is 0 Å². The van der Waals surface area contributed by atoms with Crippen molar-refractivity contribution < 1.29 is 9.47 Å². The van der Waals surface area contributed by atoms with Gasteiger partial charge in [-0.25, -0.2) is 0 Å². The Morgan fingerprint density at radius 2 is 2.20 bits per heavy atom. The number of rotatable bonds is 4. The first kappa shape index (κ1) is 14.0. The van der Waals surface area contributed by atoms with Crippen molar-refractivity contribution in [2.24, 2.45) is 5.84 Å². The number of hydrazine groups is 1. The second kappa shape index (κ2) is 6.22. The Morgan fingerprint density at radius 1 is 1.35 bits per heavy atom. The van der Waals surface area contributed by atoms with Crippen LogP contribution in [0.25, 0.3) is 0 Å². The van der Waals surface area contributed by atoms with Gasteiger partial charge in [-0.3, -0.25) is 11.3 Å². The first-order chi connectivity index (χ1) is 9.78. The van der Waals surface area contributed by atoms with Gasteiger partial charge in [0, 0.05) is 0 Å². The summed E-state index contributed by atoms with van der Waals surface area (Å²) in [7, 11) is 0. The SMILES string of the molecule is CC1CCC(C(CC2OCCc3ccccc32)NN)O1. The molecule has 2 aliphatic heterocycles. The fourth-order valence-electron chi connectivity index (χ4n) is 3.36. The molecule has 0 aliphatic carbocycles. The Morgan fingerprint density at radius 3 is 2.95 bits per heavy atom. The van der Waals surface area contributed by atoms with Crippen molar-refractivity contribution in [2.45, 2.75) is 57.0 Å². The van der Waals surface area contributed by atoms with Crippen molar-refractivity contribution in [3.8, 4) is 0 Å². The molecule has 1 aromatic carbocycles. The van der Waals surface area contributed by atoms with Gasteiger partial charge in [0.05, 0.1) is 31.0 Å². The van der Waals surface area contributed by atoms with Gasteiger partial charge in [-0.2, -0.15) is 0 Å². The van der Waals surface area contributed by atoms with Gasteiger partial charge in [-0.15, -0.1) is 0 Å². The van der Waals surface area contributed by atoms with Crippen LogP contribution in [0.5, 0.6) is 0 Å². The molecular formula is C16H24N2O2. The van der Waals surface area contributed by atoms with Crippen LogP contribution in [0.15, 0.2) is 24.3 Å². The van der Waals surface area contributed by atoms with Gasteiger partial charge in [0.1, 0.15) is 0 Å². The number of nitrogens with one attached hydrogen (secondary N) is 1. The predicted octanol–water partition coefficient (Wildman–Crippen LogP) is 2.09. The molecular weight excluding hydrogens is 252 g/mol. The smallest absolute Gasteiger partial charge is 0.0844 e. The zero-order valence-electron chi connectivity index (χ0n) is 12.0. The molecule has 4 atom stereocenters. The quantitative estimate of drug-likeness (QED) is 0.653. The standard InChI is InChI=1S/C16H24N2O2/c1-11-6-7-15(20-11)14(18-17)10-16-13-5-3-2-4-12(13)8-9-19-16/h2-5,11,14-16,18H,6-10,17H2,1H3. The first-order valence-electron chi connectivity index (χ1n) is 7.59. The number of benzene rings is 1. The van der Waals surface area contributed by atoms with Gasteiger partial charge in [-0.1, -0.05) is 24.3 Å². The number of fused-ring (bicyclic) bond motifs is 1. The molecule has 110 valence electrons. The summed E-state index contributed by atoms with van der Waals surface area (Å²) in [5.41, 5.74) is 5.65. The van der Waals surface area contributed by atoms with Crippen LogP contribution in [-0.4, -0.2) is 24.9 Å². The molecule has 20 heavy (non-hydrogen) atoms. The van der Waals surface area contributed by atoms with E-state index in [9.17, 15) is 0 Å². The monoisotopic (exact) mass is 276 g/mol. The summed E-state index contributed by atoms with van der Waals surface area (Å²) in [5, 5.41) is 0. The predicted molar refractivity (Wildman–Crippen MR) is 78.1 cm³/mol. The summed E-state index contributed by atoms with van der Waals surface area (Å²) in [4.78, 5) is 0. The van der Waals surface area contributed by atoms with E-state index in [0.29, 0.717) is 6.10 Å². The van der Waals surface area contributed by atoms with E-state index in [2.05, 4.69) is 36.6 Å². The zero-order valence-corrected chi connectivity index (χ0v) is 12.0. The third kappa shape index (κ3) is 2.88. The van der Waals surface area contributed by atoms with Crippen molar-refractivity contribution in [3.63, 3.8) is 0 Å². The van der Waals surface area contributed by atoms with Gasteiger partial charge in [0.2, 0.25) is 0 Å². The number of hydrogen-bond donors (Lipinski definition) is 2. The third-order valence-corrected chi connectivity index (χ3v) is 4.49. The lowest BCUT2D eigenvalue weighted by atomic mass is 9.91. The Bertz CT molecular complexity index is 452. The molecule has 4 nitrogen and oxygen atoms in total. The second-order valence-electron chi connectivity index (χ2n) is 5.88. The lowest BCUT2D eigenvalue weighted by molar-refractivity contribution is -0.00840.